The van der Waals surface area contributed by atoms with Crippen molar-refractivity contribution in [2.45, 2.75) is 64.1 Å². The number of benzene rings is 2. The standard InChI is InChI=1S/C30H38O9/c1-20(18-24-30(38-24,19-34-5)27(35-6)37-28(33)39-29(2,3)4)17-23(31)25(21-13-9-7-10-14-21)36-26(32)22-15-11-8-12-16-22/h7-16,20,24,27,31H,17-19H2,1-6H3/b25-23+/t20?,24-,27?,30+/m0/s1. The van der Waals surface area contributed by atoms with Gasteiger partial charge in [-0.25, -0.2) is 9.59 Å². The summed E-state index contributed by atoms with van der Waals surface area (Å²) in [6.45, 7) is 7.27. The maximum absolute atomic E-state index is 12.8. The van der Waals surface area contributed by atoms with E-state index in [1.807, 2.05) is 13.0 Å². The molecule has 3 rings (SSSR count). The fourth-order valence-corrected chi connectivity index (χ4v) is 4.29. The number of carbonyl (C=O) groups is 2. The van der Waals surface area contributed by atoms with E-state index in [0.29, 0.717) is 17.5 Å². The van der Waals surface area contributed by atoms with Crippen LogP contribution in [0.15, 0.2) is 66.4 Å². The lowest BCUT2D eigenvalue weighted by Gasteiger charge is -2.25. The molecule has 212 valence electrons. The van der Waals surface area contributed by atoms with Crippen LogP contribution in [0.5, 0.6) is 0 Å². The van der Waals surface area contributed by atoms with Gasteiger partial charge in [-0.1, -0.05) is 55.5 Å². The van der Waals surface area contributed by atoms with E-state index in [4.69, 9.17) is 28.4 Å². The molecule has 1 saturated heterocycles. The number of ether oxygens (including phenoxy) is 6. The molecule has 1 fully saturated rings. The largest absolute Gasteiger partial charge is 0.511 e. The summed E-state index contributed by atoms with van der Waals surface area (Å²) in [6, 6.07) is 17.6. The molecule has 0 spiro atoms. The van der Waals surface area contributed by atoms with Gasteiger partial charge in [0.15, 0.2) is 11.4 Å². The number of allylic oxidation sites excluding steroid dienone is 1. The van der Waals surface area contributed by atoms with Gasteiger partial charge in [0.2, 0.25) is 6.29 Å². The second-order valence-electron chi connectivity index (χ2n) is 10.6. The van der Waals surface area contributed by atoms with Crippen molar-refractivity contribution in [1.29, 1.82) is 0 Å². The van der Waals surface area contributed by atoms with Crippen LogP contribution in [0.4, 0.5) is 4.79 Å². The van der Waals surface area contributed by atoms with Crippen molar-refractivity contribution in [2.75, 3.05) is 20.8 Å². The number of hydrogen-bond donors (Lipinski definition) is 1. The Bertz CT molecular complexity index is 1120. The molecule has 1 aliphatic rings. The molecule has 0 radical (unpaired) electrons. The van der Waals surface area contributed by atoms with Gasteiger partial charge in [0.1, 0.15) is 11.4 Å². The van der Waals surface area contributed by atoms with Gasteiger partial charge in [-0.3, -0.25) is 0 Å². The fourth-order valence-electron chi connectivity index (χ4n) is 4.29. The summed E-state index contributed by atoms with van der Waals surface area (Å²) in [5.41, 5.74) is -0.797. The second kappa shape index (κ2) is 13.1. The summed E-state index contributed by atoms with van der Waals surface area (Å²) in [5, 5.41) is 11.1. The molecule has 2 aromatic rings. The summed E-state index contributed by atoms with van der Waals surface area (Å²) in [7, 11) is 2.93. The number of carbonyl (C=O) groups excluding carboxylic acids is 2. The Morgan fingerprint density at radius 2 is 1.59 bits per heavy atom. The first-order valence-corrected chi connectivity index (χ1v) is 12.8. The highest BCUT2D eigenvalue weighted by Crippen LogP contribution is 2.46. The van der Waals surface area contributed by atoms with Crippen molar-refractivity contribution in [2.24, 2.45) is 5.92 Å². The lowest BCUT2D eigenvalue weighted by atomic mass is 9.93. The van der Waals surface area contributed by atoms with Crippen molar-refractivity contribution in [3.05, 3.63) is 77.5 Å². The maximum atomic E-state index is 12.8. The predicted octanol–water partition coefficient (Wildman–Crippen LogP) is 5.89. The fraction of sp³-hybridized carbons (Fsp3) is 0.467. The quantitative estimate of drug-likeness (QED) is 0.152. The number of methoxy groups -OCH3 is 2. The topological polar surface area (TPSA) is 113 Å². The van der Waals surface area contributed by atoms with Gasteiger partial charge >= 0.3 is 12.1 Å². The molecule has 0 amide bonds. The molecule has 9 nitrogen and oxygen atoms in total. The molecule has 9 heteroatoms. The van der Waals surface area contributed by atoms with Gasteiger partial charge in [0, 0.05) is 26.2 Å². The van der Waals surface area contributed by atoms with Crippen LogP contribution in [0.1, 0.15) is 56.5 Å². The zero-order valence-corrected chi connectivity index (χ0v) is 23.3. The van der Waals surface area contributed by atoms with Crippen LogP contribution in [0.2, 0.25) is 0 Å². The first-order valence-electron chi connectivity index (χ1n) is 12.8. The van der Waals surface area contributed by atoms with Crippen LogP contribution in [0.3, 0.4) is 0 Å². The van der Waals surface area contributed by atoms with Crippen LogP contribution in [-0.4, -0.2) is 61.7 Å². The Morgan fingerprint density at radius 1 is 1.00 bits per heavy atom. The SMILES string of the molecule is COC[C@@]1(C(OC)OC(=O)OC(C)(C)C)O[C@H]1CC(C)C/C(O)=C(\OC(=O)c1ccccc1)c1ccccc1. The molecule has 4 atom stereocenters. The molecule has 2 unspecified atom stereocenters. The molecule has 1 aliphatic heterocycles. The molecule has 1 heterocycles. The van der Waals surface area contributed by atoms with E-state index in [-0.39, 0.29) is 36.6 Å². The number of rotatable bonds is 12. The summed E-state index contributed by atoms with van der Waals surface area (Å²) < 4.78 is 33.1. The lowest BCUT2D eigenvalue weighted by molar-refractivity contribution is -0.160. The van der Waals surface area contributed by atoms with E-state index in [0.717, 1.165) is 0 Å². The van der Waals surface area contributed by atoms with Gasteiger partial charge in [-0.15, -0.1) is 0 Å². The first-order chi connectivity index (χ1) is 18.5. The smallest absolute Gasteiger partial charge is 0.508 e. The normalized spacial score (nSPS) is 20.8. The van der Waals surface area contributed by atoms with Crippen molar-refractivity contribution >= 4 is 17.9 Å². The molecule has 0 aromatic heterocycles. The van der Waals surface area contributed by atoms with E-state index in [9.17, 15) is 14.7 Å². The van der Waals surface area contributed by atoms with Crippen LogP contribution in [-0.2, 0) is 28.4 Å². The summed E-state index contributed by atoms with van der Waals surface area (Å²) >= 11 is 0. The van der Waals surface area contributed by atoms with Crippen molar-refractivity contribution in [3.63, 3.8) is 0 Å². The lowest BCUT2D eigenvalue weighted by Crippen LogP contribution is -2.42. The Hall–Kier alpha value is -3.40. The van der Waals surface area contributed by atoms with Crippen molar-refractivity contribution < 1.29 is 43.1 Å². The van der Waals surface area contributed by atoms with Crippen molar-refractivity contribution in [1.82, 2.24) is 0 Å². The van der Waals surface area contributed by atoms with Gasteiger partial charge in [-0.05, 0) is 45.2 Å². The van der Waals surface area contributed by atoms with Crippen LogP contribution >= 0.6 is 0 Å². The average Bonchev–Trinajstić information content (AvgIpc) is 3.57. The van der Waals surface area contributed by atoms with E-state index in [1.165, 1.54) is 14.2 Å². The minimum absolute atomic E-state index is 0.0655. The number of epoxide rings is 1. The maximum Gasteiger partial charge on any atom is 0.511 e. The molecule has 0 aliphatic carbocycles. The minimum Gasteiger partial charge on any atom is -0.508 e. The predicted molar refractivity (Wildman–Crippen MR) is 144 cm³/mol. The number of esters is 1. The highest BCUT2D eigenvalue weighted by atomic mass is 16.8. The third kappa shape index (κ3) is 8.29. The molecule has 39 heavy (non-hydrogen) atoms. The monoisotopic (exact) mass is 542 g/mol. The summed E-state index contributed by atoms with van der Waals surface area (Å²) in [6.07, 6.45) is -1.61. The highest BCUT2D eigenvalue weighted by Gasteiger charge is 2.64. The minimum atomic E-state index is -1.06. The molecule has 1 N–H and O–H groups in total. The zero-order chi connectivity index (χ0) is 28.6. The van der Waals surface area contributed by atoms with Crippen LogP contribution in [0, 0.1) is 5.92 Å². The Labute approximate surface area is 229 Å². The Kier molecular flexibility index (Phi) is 10.1. The first kappa shape index (κ1) is 30.1. The van der Waals surface area contributed by atoms with Crippen molar-refractivity contribution in [3.8, 4) is 0 Å². The molecular weight excluding hydrogens is 504 g/mol. The molecule has 0 bridgehead atoms. The Morgan fingerprint density at radius 3 is 2.13 bits per heavy atom. The van der Waals surface area contributed by atoms with Gasteiger partial charge in [0.25, 0.3) is 0 Å². The Balaban J connectivity index is 1.73. The van der Waals surface area contributed by atoms with E-state index >= 15 is 0 Å². The van der Waals surface area contributed by atoms with E-state index in [2.05, 4.69) is 0 Å². The van der Waals surface area contributed by atoms with Crippen LogP contribution in [0.25, 0.3) is 5.76 Å². The molecular formula is C30H38O9. The molecule has 0 saturated carbocycles. The third-order valence-electron chi connectivity index (χ3n) is 6.09. The zero-order valence-electron chi connectivity index (χ0n) is 23.3. The third-order valence-corrected chi connectivity index (χ3v) is 6.09. The second-order valence-corrected chi connectivity index (χ2v) is 10.6. The molecule has 2 aromatic carbocycles. The summed E-state index contributed by atoms with van der Waals surface area (Å²) in [4.78, 5) is 25.1. The highest BCUT2D eigenvalue weighted by molar-refractivity contribution is 5.93. The summed E-state index contributed by atoms with van der Waals surface area (Å²) in [5.74, 6) is -0.647. The van der Waals surface area contributed by atoms with Gasteiger partial charge in [0.05, 0.1) is 18.3 Å². The van der Waals surface area contributed by atoms with Gasteiger partial charge < -0.3 is 33.5 Å². The average molecular weight is 543 g/mol. The van der Waals surface area contributed by atoms with E-state index < -0.39 is 29.6 Å². The van der Waals surface area contributed by atoms with E-state index in [1.54, 1.807) is 75.4 Å². The number of hydrogen-bond acceptors (Lipinski definition) is 9. The number of aliphatic hydroxyl groups excluding tert-OH is 1. The number of aliphatic hydroxyl groups is 1. The van der Waals surface area contributed by atoms with Gasteiger partial charge in [-0.2, -0.15) is 0 Å². The van der Waals surface area contributed by atoms with Crippen LogP contribution < -0.4 is 0 Å².